The Balaban J connectivity index is 1.97. The van der Waals surface area contributed by atoms with E-state index in [-0.39, 0.29) is 18.6 Å². The Morgan fingerprint density at radius 1 is 1.12 bits per heavy atom. The van der Waals surface area contributed by atoms with Crippen LogP contribution in [0.3, 0.4) is 0 Å². The molecule has 0 aliphatic rings. The van der Waals surface area contributed by atoms with Gasteiger partial charge < -0.3 is 10.1 Å². The van der Waals surface area contributed by atoms with Crippen molar-refractivity contribution in [1.29, 1.82) is 0 Å². The number of hydrogen-bond acceptors (Lipinski definition) is 2. The monoisotopic (exact) mass is 389 g/mol. The number of carbonyl (C=O) groups excluding carboxylic acids is 1. The smallest absolute Gasteiger partial charge is 0.258 e. The van der Waals surface area contributed by atoms with E-state index in [1.807, 2.05) is 25.1 Å². The number of aryl methyl sites for hydroxylation is 3. The summed E-state index contributed by atoms with van der Waals surface area (Å²) in [6.45, 7) is 8.23. The molecule has 0 radical (unpaired) electrons. The summed E-state index contributed by atoms with van der Waals surface area (Å²) < 4.78 is 6.63. The van der Waals surface area contributed by atoms with Crippen molar-refractivity contribution >= 4 is 21.8 Å². The summed E-state index contributed by atoms with van der Waals surface area (Å²) in [5.41, 5.74) is 4.67. The molecule has 2 aromatic carbocycles. The maximum atomic E-state index is 12.2. The van der Waals surface area contributed by atoms with E-state index in [0.29, 0.717) is 5.75 Å². The van der Waals surface area contributed by atoms with E-state index in [1.165, 1.54) is 11.1 Å². The highest BCUT2D eigenvalue weighted by molar-refractivity contribution is 9.10. The lowest BCUT2D eigenvalue weighted by molar-refractivity contribution is -0.123. The highest BCUT2D eigenvalue weighted by atomic mass is 79.9. The van der Waals surface area contributed by atoms with Crippen LogP contribution >= 0.6 is 15.9 Å². The summed E-state index contributed by atoms with van der Waals surface area (Å²) in [7, 11) is 0. The normalized spacial score (nSPS) is 11.9. The van der Waals surface area contributed by atoms with Crippen molar-refractivity contribution < 1.29 is 9.53 Å². The van der Waals surface area contributed by atoms with Crippen LogP contribution in [0.4, 0.5) is 0 Å². The van der Waals surface area contributed by atoms with Crippen molar-refractivity contribution in [3.05, 3.63) is 63.1 Å². The SMILES string of the molecule is CC[C@H](NC(=O)COc1ccc(Br)c(C)c1)c1ccc(C)cc1C. The minimum Gasteiger partial charge on any atom is -0.484 e. The molecule has 2 rings (SSSR count). The molecule has 1 N–H and O–H groups in total. The van der Waals surface area contributed by atoms with Gasteiger partial charge in [0.1, 0.15) is 5.75 Å². The summed E-state index contributed by atoms with van der Waals surface area (Å²) in [6.07, 6.45) is 0.840. The molecule has 24 heavy (non-hydrogen) atoms. The van der Waals surface area contributed by atoms with E-state index in [9.17, 15) is 4.79 Å². The van der Waals surface area contributed by atoms with Crippen LogP contribution in [0.1, 0.15) is 41.6 Å². The van der Waals surface area contributed by atoms with Gasteiger partial charge in [-0.2, -0.15) is 0 Å². The van der Waals surface area contributed by atoms with E-state index >= 15 is 0 Å². The molecule has 0 saturated carbocycles. The molecular formula is C20H24BrNO2. The van der Waals surface area contributed by atoms with Crippen molar-refractivity contribution in [2.45, 2.75) is 40.2 Å². The Bertz CT molecular complexity index is 728. The van der Waals surface area contributed by atoms with E-state index in [0.717, 1.165) is 22.0 Å². The van der Waals surface area contributed by atoms with Gasteiger partial charge in [0.15, 0.2) is 6.61 Å². The molecule has 0 fully saturated rings. The Hall–Kier alpha value is -1.81. The van der Waals surface area contributed by atoms with Crippen LogP contribution in [0.5, 0.6) is 5.75 Å². The molecule has 3 nitrogen and oxygen atoms in total. The molecule has 128 valence electrons. The third-order valence-corrected chi connectivity index (χ3v) is 4.93. The number of halogens is 1. The molecule has 0 spiro atoms. The second-order valence-corrected chi connectivity index (χ2v) is 6.94. The van der Waals surface area contributed by atoms with Gasteiger partial charge >= 0.3 is 0 Å². The first kappa shape index (κ1) is 18.5. The predicted molar refractivity (Wildman–Crippen MR) is 101 cm³/mol. The van der Waals surface area contributed by atoms with E-state index in [4.69, 9.17) is 4.74 Å². The van der Waals surface area contributed by atoms with Crippen molar-refractivity contribution in [1.82, 2.24) is 5.32 Å². The molecule has 0 heterocycles. The van der Waals surface area contributed by atoms with Gasteiger partial charge in [0, 0.05) is 4.47 Å². The number of nitrogens with one attached hydrogen (secondary N) is 1. The fourth-order valence-corrected chi connectivity index (χ4v) is 2.95. The van der Waals surface area contributed by atoms with Crippen LogP contribution in [-0.4, -0.2) is 12.5 Å². The molecule has 2 aromatic rings. The van der Waals surface area contributed by atoms with Crippen molar-refractivity contribution in [2.75, 3.05) is 6.61 Å². The quantitative estimate of drug-likeness (QED) is 0.752. The van der Waals surface area contributed by atoms with Crippen LogP contribution in [0.15, 0.2) is 40.9 Å². The average Bonchev–Trinajstić information content (AvgIpc) is 2.54. The Morgan fingerprint density at radius 3 is 2.50 bits per heavy atom. The van der Waals surface area contributed by atoms with Gasteiger partial charge in [-0.3, -0.25) is 4.79 Å². The van der Waals surface area contributed by atoms with E-state index in [1.54, 1.807) is 0 Å². The standard InChI is InChI=1S/C20H24BrNO2/c1-5-19(17-8-6-13(2)10-14(17)3)22-20(23)12-24-16-7-9-18(21)15(4)11-16/h6-11,19H,5,12H2,1-4H3,(H,22,23)/t19-/m0/s1. The first-order valence-corrected chi connectivity index (χ1v) is 8.95. The second kappa shape index (κ2) is 8.34. The number of amides is 1. The maximum Gasteiger partial charge on any atom is 0.258 e. The maximum absolute atomic E-state index is 12.2. The van der Waals surface area contributed by atoms with Gasteiger partial charge in [0.25, 0.3) is 5.91 Å². The minimum absolute atomic E-state index is 0.00774. The minimum atomic E-state index is -0.109. The van der Waals surface area contributed by atoms with Crippen molar-refractivity contribution in [3.63, 3.8) is 0 Å². The number of carbonyl (C=O) groups is 1. The number of hydrogen-bond donors (Lipinski definition) is 1. The molecule has 0 aromatic heterocycles. The van der Waals surface area contributed by atoms with Crippen LogP contribution in [0.2, 0.25) is 0 Å². The molecule has 0 unspecified atom stereocenters. The summed E-state index contributed by atoms with van der Waals surface area (Å²) in [6, 6.07) is 12.0. The molecule has 1 amide bonds. The lowest BCUT2D eigenvalue weighted by Gasteiger charge is -2.20. The number of ether oxygens (including phenoxy) is 1. The molecule has 4 heteroatoms. The first-order valence-electron chi connectivity index (χ1n) is 8.16. The van der Waals surface area contributed by atoms with Crippen LogP contribution < -0.4 is 10.1 Å². The van der Waals surface area contributed by atoms with E-state index in [2.05, 4.69) is 60.2 Å². The lowest BCUT2D eigenvalue weighted by atomic mass is 9.97. The van der Waals surface area contributed by atoms with Crippen LogP contribution in [0.25, 0.3) is 0 Å². The van der Waals surface area contributed by atoms with Crippen LogP contribution in [0, 0.1) is 20.8 Å². The topological polar surface area (TPSA) is 38.3 Å². The third-order valence-electron chi connectivity index (χ3n) is 4.04. The fraction of sp³-hybridized carbons (Fsp3) is 0.350. The van der Waals surface area contributed by atoms with Gasteiger partial charge in [-0.05, 0) is 62.1 Å². The fourth-order valence-electron chi connectivity index (χ4n) is 2.71. The molecule has 0 aliphatic heterocycles. The Morgan fingerprint density at radius 2 is 1.88 bits per heavy atom. The number of rotatable bonds is 6. The average molecular weight is 390 g/mol. The largest absolute Gasteiger partial charge is 0.484 e. The highest BCUT2D eigenvalue weighted by Gasteiger charge is 2.15. The van der Waals surface area contributed by atoms with E-state index < -0.39 is 0 Å². The Labute approximate surface area is 152 Å². The lowest BCUT2D eigenvalue weighted by Crippen LogP contribution is -2.32. The second-order valence-electron chi connectivity index (χ2n) is 6.09. The predicted octanol–water partition coefficient (Wildman–Crippen LogP) is 5.02. The van der Waals surface area contributed by atoms with Crippen molar-refractivity contribution in [3.8, 4) is 5.75 Å². The zero-order valence-corrected chi connectivity index (χ0v) is 16.2. The summed E-state index contributed by atoms with van der Waals surface area (Å²) >= 11 is 3.45. The summed E-state index contributed by atoms with van der Waals surface area (Å²) in [4.78, 5) is 12.2. The van der Waals surface area contributed by atoms with Gasteiger partial charge in [-0.1, -0.05) is 46.6 Å². The van der Waals surface area contributed by atoms with Gasteiger partial charge in [0.05, 0.1) is 6.04 Å². The first-order chi connectivity index (χ1) is 11.4. The molecule has 0 bridgehead atoms. The molecular weight excluding hydrogens is 366 g/mol. The zero-order chi connectivity index (χ0) is 17.7. The zero-order valence-electron chi connectivity index (χ0n) is 14.7. The van der Waals surface area contributed by atoms with Crippen LogP contribution in [-0.2, 0) is 4.79 Å². The highest BCUT2D eigenvalue weighted by Crippen LogP contribution is 2.23. The third kappa shape index (κ3) is 4.84. The summed E-state index contributed by atoms with van der Waals surface area (Å²) in [5, 5.41) is 3.07. The van der Waals surface area contributed by atoms with Gasteiger partial charge in [-0.25, -0.2) is 0 Å². The molecule has 0 aliphatic carbocycles. The van der Waals surface area contributed by atoms with Crippen molar-refractivity contribution in [2.24, 2.45) is 0 Å². The van der Waals surface area contributed by atoms with Gasteiger partial charge in [0.2, 0.25) is 0 Å². The number of benzene rings is 2. The summed E-state index contributed by atoms with van der Waals surface area (Å²) in [5.74, 6) is 0.591. The molecule has 0 saturated heterocycles. The Kier molecular flexibility index (Phi) is 6.44. The molecule has 1 atom stereocenters. The van der Waals surface area contributed by atoms with Gasteiger partial charge in [-0.15, -0.1) is 0 Å².